The molecule has 174 valence electrons. The average Bonchev–Trinajstić information content (AvgIpc) is 3.25. The number of hydrogen-bond acceptors (Lipinski definition) is 4. The molecule has 3 heterocycles. The molecule has 10 heteroatoms. The van der Waals surface area contributed by atoms with Crippen molar-refractivity contribution in [3.63, 3.8) is 0 Å². The Morgan fingerprint density at radius 3 is 2.73 bits per heavy atom. The molecule has 5 rings (SSSR count). The van der Waals surface area contributed by atoms with Gasteiger partial charge in [-0.1, -0.05) is 18.9 Å². The Labute approximate surface area is 187 Å². The fourth-order valence-electron chi connectivity index (χ4n) is 5.24. The molecule has 0 N–H and O–H groups in total. The van der Waals surface area contributed by atoms with Gasteiger partial charge in [0.1, 0.15) is 18.3 Å². The molecule has 1 saturated heterocycles. The first-order valence-electron chi connectivity index (χ1n) is 11.2. The minimum absolute atomic E-state index is 0.0971. The highest BCUT2D eigenvalue weighted by atomic mass is 19.4. The summed E-state index contributed by atoms with van der Waals surface area (Å²) in [5, 5.41) is 4.24. The third kappa shape index (κ3) is 4.02. The Balaban J connectivity index is 1.42. The standard InChI is InChI=1S/C23H24F3N5O2/c24-23(25,26)16-7-3-8-17(11-16)31-21-18(12-28-31)22(33)29(14-27-21)13-20(32)30-10-4-6-15-5-1-2-9-19(15)30/h3,7-8,11-12,14-15,19H,1-2,4-6,9-10,13H2. The zero-order chi connectivity index (χ0) is 23.2. The number of amides is 1. The molecule has 3 aromatic rings. The molecule has 0 spiro atoms. The average molecular weight is 459 g/mol. The summed E-state index contributed by atoms with van der Waals surface area (Å²) in [7, 11) is 0. The van der Waals surface area contributed by atoms with Gasteiger partial charge in [-0.15, -0.1) is 0 Å². The lowest BCUT2D eigenvalue weighted by Crippen LogP contribution is -2.51. The maximum atomic E-state index is 13.1. The number of alkyl halides is 3. The smallest absolute Gasteiger partial charge is 0.338 e. The summed E-state index contributed by atoms with van der Waals surface area (Å²) in [6, 6.07) is 4.92. The number of aromatic nitrogens is 4. The molecule has 0 bridgehead atoms. The van der Waals surface area contributed by atoms with Gasteiger partial charge in [-0.05, 0) is 49.8 Å². The van der Waals surface area contributed by atoms with Crippen LogP contribution in [0, 0.1) is 5.92 Å². The minimum atomic E-state index is -4.49. The van der Waals surface area contributed by atoms with Gasteiger partial charge in [0.05, 0.1) is 17.4 Å². The fraction of sp³-hybridized carbons (Fsp3) is 0.478. The van der Waals surface area contributed by atoms with Crippen LogP contribution in [-0.4, -0.2) is 42.7 Å². The van der Waals surface area contributed by atoms with Gasteiger partial charge in [0, 0.05) is 12.6 Å². The topological polar surface area (TPSA) is 73.0 Å². The van der Waals surface area contributed by atoms with Crippen molar-refractivity contribution < 1.29 is 18.0 Å². The maximum Gasteiger partial charge on any atom is 0.416 e. The van der Waals surface area contributed by atoms with Gasteiger partial charge in [0.15, 0.2) is 5.65 Å². The van der Waals surface area contributed by atoms with E-state index in [9.17, 15) is 22.8 Å². The number of benzene rings is 1. The lowest BCUT2D eigenvalue weighted by Gasteiger charge is -2.44. The number of hydrogen-bond donors (Lipinski definition) is 0. The van der Waals surface area contributed by atoms with Crippen LogP contribution in [-0.2, 0) is 17.5 Å². The van der Waals surface area contributed by atoms with E-state index in [1.165, 1.54) is 40.3 Å². The third-order valence-corrected chi connectivity index (χ3v) is 6.84. The van der Waals surface area contributed by atoms with E-state index in [1.54, 1.807) is 0 Å². The molecule has 2 aromatic heterocycles. The third-order valence-electron chi connectivity index (χ3n) is 6.84. The molecule has 7 nitrogen and oxygen atoms in total. The zero-order valence-corrected chi connectivity index (χ0v) is 18.0. The lowest BCUT2D eigenvalue weighted by atomic mass is 9.78. The van der Waals surface area contributed by atoms with Crippen LogP contribution >= 0.6 is 0 Å². The number of fused-ring (bicyclic) bond motifs is 2. The van der Waals surface area contributed by atoms with Crippen LogP contribution < -0.4 is 5.56 Å². The summed E-state index contributed by atoms with van der Waals surface area (Å²) >= 11 is 0. The van der Waals surface area contributed by atoms with Crippen molar-refractivity contribution in [3.8, 4) is 5.69 Å². The molecular formula is C23H24F3N5O2. The van der Waals surface area contributed by atoms with Crippen LogP contribution in [0.4, 0.5) is 13.2 Å². The summed E-state index contributed by atoms with van der Waals surface area (Å²) < 4.78 is 41.7. The largest absolute Gasteiger partial charge is 0.416 e. The first-order chi connectivity index (χ1) is 15.8. The quantitative estimate of drug-likeness (QED) is 0.598. The molecule has 1 aliphatic carbocycles. The minimum Gasteiger partial charge on any atom is -0.338 e. The van der Waals surface area contributed by atoms with Crippen molar-refractivity contribution in [2.45, 2.75) is 57.3 Å². The summed E-state index contributed by atoms with van der Waals surface area (Å²) in [6.45, 7) is 0.595. The van der Waals surface area contributed by atoms with Crippen molar-refractivity contribution in [3.05, 3.63) is 52.7 Å². The summed E-state index contributed by atoms with van der Waals surface area (Å²) in [6.07, 6.45) is 4.67. The molecule has 0 radical (unpaired) electrons. The monoisotopic (exact) mass is 459 g/mol. The predicted molar refractivity (Wildman–Crippen MR) is 115 cm³/mol. The number of piperidine rings is 1. The van der Waals surface area contributed by atoms with E-state index in [4.69, 9.17) is 0 Å². The number of nitrogens with zero attached hydrogens (tertiary/aromatic N) is 5. The van der Waals surface area contributed by atoms with Crippen molar-refractivity contribution in [1.29, 1.82) is 0 Å². The first kappa shape index (κ1) is 21.7. The summed E-state index contributed by atoms with van der Waals surface area (Å²) in [5.74, 6) is 0.444. The molecule has 1 amide bonds. The Morgan fingerprint density at radius 2 is 1.91 bits per heavy atom. The normalized spacial score (nSPS) is 21.2. The van der Waals surface area contributed by atoms with Gasteiger partial charge in [0.25, 0.3) is 5.56 Å². The summed E-state index contributed by atoms with van der Waals surface area (Å²) in [4.78, 5) is 32.3. The molecular weight excluding hydrogens is 435 g/mol. The number of likely N-dealkylation sites (tertiary alicyclic amines) is 1. The molecule has 1 saturated carbocycles. The van der Waals surface area contributed by atoms with E-state index in [1.807, 2.05) is 4.90 Å². The van der Waals surface area contributed by atoms with Crippen LogP contribution in [0.15, 0.2) is 41.6 Å². The van der Waals surface area contributed by atoms with Gasteiger partial charge < -0.3 is 4.90 Å². The van der Waals surface area contributed by atoms with Crippen molar-refractivity contribution >= 4 is 16.9 Å². The van der Waals surface area contributed by atoms with E-state index < -0.39 is 17.3 Å². The lowest BCUT2D eigenvalue weighted by molar-refractivity contribution is -0.138. The molecule has 2 aliphatic rings. The van der Waals surface area contributed by atoms with Crippen LogP contribution in [0.25, 0.3) is 16.7 Å². The second-order valence-electron chi connectivity index (χ2n) is 8.86. The Kier molecular flexibility index (Phi) is 5.46. The SMILES string of the molecule is O=C(Cn1cnc2c(cnn2-c2cccc(C(F)(F)F)c2)c1=O)N1CCCC2CCCCC21. The first-order valence-corrected chi connectivity index (χ1v) is 11.2. The Bertz CT molecular complexity index is 1250. The van der Waals surface area contributed by atoms with E-state index >= 15 is 0 Å². The number of carbonyl (C=O) groups excluding carboxylic acids is 1. The maximum absolute atomic E-state index is 13.1. The Morgan fingerprint density at radius 1 is 1.12 bits per heavy atom. The molecule has 33 heavy (non-hydrogen) atoms. The van der Waals surface area contributed by atoms with Gasteiger partial charge in [-0.2, -0.15) is 18.3 Å². The number of carbonyl (C=O) groups is 1. The summed E-state index contributed by atoms with van der Waals surface area (Å²) in [5.41, 5.74) is -0.959. The van der Waals surface area contributed by atoms with E-state index in [0.29, 0.717) is 12.5 Å². The van der Waals surface area contributed by atoms with E-state index in [2.05, 4.69) is 10.1 Å². The second-order valence-corrected chi connectivity index (χ2v) is 8.86. The number of rotatable bonds is 3. The highest BCUT2D eigenvalue weighted by Gasteiger charge is 2.35. The van der Waals surface area contributed by atoms with Gasteiger partial charge in [0.2, 0.25) is 5.91 Å². The second kappa shape index (κ2) is 8.31. The Hall–Kier alpha value is -3.17. The van der Waals surface area contributed by atoms with Crippen LogP contribution in [0.5, 0.6) is 0 Å². The van der Waals surface area contributed by atoms with Crippen LogP contribution in [0.1, 0.15) is 44.1 Å². The van der Waals surface area contributed by atoms with Gasteiger partial charge in [-0.25, -0.2) is 9.67 Å². The van der Waals surface area contributed by atoms with Crippen LogP contribution in [0.2, 0.25) is 0 Å². The molecule has 1 aromatic carbocycles. The molecule has 2 atom stereocenters. The predicted octanol–water partition coefficient (Wildman–Crippen LogP) is 3.78. The van der Waals surface area contributed by atoms with Crippen molar-refractivity contribution in [2.24, 2.45) is 5.92 Å². The molecule has 2 fully saturated rings. The van der Waals surface area contributed by atoms with Crippen LogP contribution in [0.3, 0.4) is 0 Å². The van der Waals surface area contributed by atoms with Gasteiger partial charge in [-0.3, -0.25) is 14.2 Å². The highest BCUT2D eigenvalue weighted by Crippen LogP contribution is 2.35. The van der Waals surface area contributed by atoms with Crippen molar-refractivity contribution in [2.75, 3.05) is 6.54 Å². The zero-order valence-electron chi connectivity index (χ0n) is 18.0. The van der Waals surface area contributed by atoms with Crippen molar-refractivity contribution in [1.82, 2.24) is 24.2 Å². The highest BCUT2D eigenvalue weighted by molar-refractivity contribution is 5.78. The molecule has 1 aliphatic heterocycles. The van der Waals surface area contributed by atoms with E-state index in [-0.39, 0.29) is 35.2 Å². The number of halogens is 3. The fourth-order valence-corrected chi connectivity index (χ4v) is 5.24. The molecule has 2 unspecified atom stereocenters. The van der Waals surface area contributed by atoms with E-state index in [0.717, 1.165) is 44.2 Å². The van der Waals surface area contributed by atoms with Gasteiger partial charge >= 0.3 is 6.18 Å².